The van der Waals surface area contributed by atoms with Gasteiger partial charge in [0.1, 0.15) is 5.78 Å². The summed E-state index contributed by atoms with van der Waals surface area (Å²) in [7, 11) is 0. The molecule has 1 aromatic carbocycles. The second-order valence-corrected chi connectivity index (χ2v) is 14.6. The molecule has 0 aliphatic carbocycles. The summed E-state index contributed by atoms with van der Waals surface area (Å²) in [4.78, 5) is 37.5. The van der Waals surface area contributed by atoms with Gasteiger partial charge in [-0.2, -0.15) is 0 Å². The molecule has 0 bridgehead atoms. The van der Waals surface area contributed by atoms with Crippen LogP contribution in [0.2, 0.25) is 0 Å². The molecule has 0 aromatic heterocycles. The van der Waals surface area contributed by atoms with E-state index in [9.17, 15) is 14.4 Å². The Morgan fingerprint density at radius 2 is 1.16 bits per heavy atom. The molecule has 0 unspecified atom stereocenters. The molecule has 0 aliphatic rings. The van der Waals surface area contributed by atoms with Crippen molar-refractivity contribution in [1.29, 1.82) is 0 Å². The van der Waals surface area contributed by atoms with Gasteiger partial charge in [0.2, 0.25) is 5.91 Å². The van der Waals surface area contributed by atoms with Crippen LogP contribution in [0.15, 0.2) is 30.3 Å². The zero-order chi connectivity index (χ0) is 34.0. The molecule has 3 atom stereocenters. The molecular formula is C38H73NO3Y. The standard InChI is InChI=1S/C21H33NO2.C13H26O.2C2H6.Y.H2/c1-14(2)17(13-16-11-9-8-10-12-16)20(24)22-19(21(5,6)7)18(23)15(3)4;1-9(2)8-11(14)12(10(3)4)13(5,6)7;2*1-2;;/h8-12,14-15,17,19H,13H2,1-7H3,(H,22,24);9-10,12H,8H2,1-7H3;2*1-2H3;;1H/t17-,19-;12-;;;;/m11..../s1. The number of nitrogens with one attached hydrogen (secondary N) is 1. The number of hydrogen-bond donors (Lipinski definition) is 1. The quantitative estimate of drug-likeness (QED) is 0.253. The Morgan fingerprint density at radius 3 is 1.47 bits per heavy atom. The van der Waals surface area contributed by atoms with Crippen molar-refractivity contribution >= 4 is 17.5 Å². The first-order valence-corrected chi connectivity index (χ1v) is 16.6. The van der Waals surface area contributed by atoms with Crippen molar-refractivity contribution in [3.05, 3.63) is 35.9 Å². The van der Waals surface area contributed by atoms with Gasteiger partial charge in [0.15, 0.2) is 5.78 Å². The van der Waals surface area contributed by atoms with Gasteiger partial charge in [0.05, 0.1) is 6.04 Å². The number of carbonyl (C=O) groups is 3. The molecule has 0 heterocycles. The summed E-state index contributed by atoms with van der Waals surface area (Å²) >= 11 is 0. The van der Waals surface area contributed by atoms with Crippen molar-refractivity contribution in [1.82, 2.24) is 5.32 Å². The summed E-state index contributed by atoms with van der Waals surface area (Å²) < 4.78 is 0. The maximum atomic E-state index is 12.9. The minimum absolute atomic E-state index is 0. The minimum atomic E-state index is -0.456. The van der Waals surface area contributed by atoms with Crippen LogP contribution in [0.3, 0.4) is 0 Å². The van der Waals surface area contributed by atoms with Crippen LogP contribution < -0.4 is 5.32 Å². The van der Waals surface area contributed by atoms with E-state index in [2.05, 4.69) is 67.6 Å². The monoisotopic (exact) mass is 680 g/mol. The van der Waals surface area contributed by atoms with E-state index >= 15 is 0 Å². The van der Waals surface area contributed by atoms with Crippen molar-refractivity contribution in [2.45, 2.75) is 144 Å². The van der Waals surface area contributed by atoms with E-state index in [1.165, 1.54) is 0 Å². The first kappa shape index (κ1) is 49.0. The number of amides is 1. The average molecular weight is 681 g/mol. The third kappa shape index (κ3) is 20.7. The van der Waals surface area contributed by atoms with Crippen LogP contribution in [0.5, 0.6) is 0 Å². The number of carbonyl (C=O) groups excluding carboxylic acids is 3. The molecule has 1 N–H and O–H groups in total. The van der Waals surface area contributed by atoms with Crippen LogP contribution in [-0.2, 0) is 53.5 Å². The van der Waals surface area contributed by atoms with E-state index < -0.39 is 6.04 Å². The molecule has 0 aliphatic heterocycles. The van der Waals surface area contributed by atoms with Crippen LogP contribution in [0.4, 0.5) is 0 Å². The number of rotatable bonds is 11. The maximum absolute atomic E-state index is 12.9. The maximum Gasteiger partial charge on any atom is 0.224 e. The summed E-state index contributed by atoms with van der Waals surface area (Å²) in [5.41, 5.74) is 0.944. The summed E-state index contributed by atoms with van der Waals surface area (Å²) in [6.45, 7) is 36.9. The fourth-order valence-electron chi connectivity index (χ4n) is 5.18. The third-order valence-electron chi connectivity index (χ3n) is 7.00. The van der Waals surface area contributed by atoms with E-state index in [1.54, 1.807) is 0 Å². The number of ketones is 2. The Balaban J connectivity index is -0.000000219. The summed E-state index contributed by atoms with van der Waals surface area (Å²) in [5, 5.41) is 3.05. The minimum Gasteiger partial charge on any atom is -0.345 e. The fraction of sp³-hybridized carbons (Fsp3) is 0.763. The van der Waals surface area contributed by atoms with Crippen LogP contribution in [0.25, 0.3) is 0 Å². The van der Waals surface area contributed by atoms with Gasteiger partial charge in [-0.05, 0) is 40.6 Å². The normalized spacial score (nSPS) is 13.3. The molecule has 0 fully saturated rings. The molecule has 1 aromatic rings. The zero-order valence-electron chi connectivity index (χ0n) is 31.6. The number of hydrogen-bond acceptors (Lipinski definition) is 3. The molecule has 4 nitrogen and oxygen atoms in total. The second-order valence-electron chi connectivity index (χ2n) is 14.6. The van der Waals surface area contributed by atoms with Crippen molar-refractivity contribution in [3.8, 4) is 0 Å². The third-order valence-corrected chi connectivity index (χ3v) is 7.00. The Labute approximate surface area is 295 Å². The van der Waals surface area contributed by atoms with Crippen molar-refractivity contribution in [3.63, 3.8) is 0 Å². The molecule has 0 saturated heterocycles. The number of Topliss-reactive ketones (excluding diaryl/α,β-unsaturated/α-hetero) is 2. The second kappa shape index (κ2) is 24.4. The van der Waals surface area contributed by atoms with E-state index in [1.807, 2.05) is 92.6 Å². The van der Waals surface area contributed by atoms with Gasteiger partial charge in [-0.15, -0.1) is 0 Å². The van der Waals surface area contributed by atoms with E-state index in [4.69, 9.17) is 0 Å². The fourth-order valence-corrected chi connectivity index (χ4v) is 5.18. The Hall–Kier alpha value is -0.866. The van der Waals surface area contributed by atoms with Crippen LogP contribution in [0.1, 0.15) is 138 Å². The van der Waals surface area contributed by atoms with Gasteiger partial charge in [0.25, 0.3) is 0 Å². The molecule has 1 rings (SSSR count). The smallest absolute Gasteiger partial charge is 0.224 e. The van der Waals surface area contributed by atoms with Crippen LogP contribution >= 0.6 is 0 Å². The van der Waals surface area contributed by atoms with Gasteiger partial charge in [-0.3, -0.25) is 14.4 Å². The molecular weight excluding hydrogens is 607 g/mol. The number of benzene rings is 1. The van der Waals surface area contributed by atoms with Gasteiger partial charge in [0, 0.05) is 58.3 Å². The summed E-state index contributed by atoms with van der Waals surface area (Å²) in [6, 6.07) is 9.59. The SMILES string of the molecule is CC.CC.CC(C)C(=O)[C@@H](NC(=O)[C@H](Cc1ccccc1)C(C)C)C(C)(C)C.CC(C)CC(=O)[C@@H](C(C)C)C(C)(C)C.[HH].[Y]. The van der Waals surface area contributed by atoms with Crippen molar-refractivity contribution in [2.24, 2.45) is 46.3 Å². The largest absolute Gasteiger partial charge is 0.345 e. The first-order valence-electron chi connectivity index (χ1n) is 16.6. The van der Waals surface area contributed by atoms with Crippen molar-refractivity contribution < 1.29 is 48.5 Å². The zero-order valence-corrected chi connectivity index (χ0v) is 34.5. The molecule has 1 amide bonds. The van der Waals surface area contributed by atoms with Crippen molar-refractivity contribution in [2.75, 3.05) is 0 Å². The van der Waals surface area contributed by atoms with Crippen LogP contribution in [0, 0.1) is 46.3 Å². The predicted molar refractivity (Wildman–Crippen MR) is 187 cm³/mol. The van der Waals surface area contributed by atoms with E-state index in [0.717, 1.165) is 12.0 Å². The van der Waals surface area contributed by atoms with Gasteiger partial charge < -0.3 is 5.32 Å². The van der Waals surface area contributed by atoms with Gasteiger partial charge >= 0.3 is 0 Å². The Kier molecular flexibility index (Phi) is 27.8. The molecule has 1 radical (unpaired) electrons. The van der Waals surface area contributed by atoms with Crippen LogP contribution in [-0.4, -0.2) is 23.5 Å². The van der Waals surface area contributed by atoms with E-state index in [0.29, 0.717) is 24.0 Å². The van der Waals surface area contributed by atoms with Gasteiger partial charge in [-0.1, -0.05) is 155 Å². The molecule has 0 spiro atoms. The first-order chi connectivity index (χ1) is 19.2. The topological polar surface area (TPSA) is 63.2 Å². The molecule has 0 saturated carbocycles. The predicted octanol–water partition coefficient (Wildman–Crippen LogP) is 10.5. The Morgan fingerprint density at radius 1 is 0.721 bits per heavy atom. The Bertz CT molecular complexity index is 868. The molecule has 43 heavy (non-hydrogen) atoms. The molecule has 251 valence electrons. The summed E-state index contributed by atoms with van der Waals surface area (Å²) in [6.07, 6.45) is 1.41. The van der Waals surface area contributed by atoms with Gasteiger partial charge in [-0.25, -0.2) is 0 Å². The van der Waals surface area contributed by atoms with E-state index in [-0.39, 0.29) is 80.3 Å². The average Bonchev–Trinajstić information content (AvgIpc) is 2.86. The summed E-state index contributed by atoms with van der Waals surface area (Å²) in [5.74, 6) is 1.60. The molecule has 5 heteroatoms.